The molecule has 0 radical (unpaired) electrons. The van der Waals surface area contributed by atoms with Gasteiger partial charge in [-0.05, 0) is 12.8 Å². The van der Waals surface area contributed by atoms with Crippen LogP contribution >= 0.6 is 0 Å². The van der Waals surface area contributed by atoms with E-state index in [1.165, 1.54) is 308 Å². The predicted molar refractivity (Wildman–Crippen MR) is 402 cm³/mol. The molecule has 1 amide bonds. The third-order valence-electron chi connectivity index (χ3n) is 21.9. The topological polar surface area (TPSA) is 307 Å². The molecule has 3 rings (SSSR count). The van der Waals surface area contributed by atoms with Gasteiger partial charge in [0.2, 0.25) is 5.91 Å². The van der Waals surface area contributed by atoms with Crippen LogP contribution in [0.1, 0.15) is 386 Å². The molecule has 0 spiro atoms. The van der Waals surface area contributed by atoms with Gasteiger partial charge in [0, 0.05) is 6.42 Å². The van der Waals surface area contributed by atoms with Crippen molar-refractivity contribution in [3.05, 3.63) is 0 Å². The van der Waals surface area contributed by atoms with Gasteiger partial charge in [-0.15, -0.1) is 0 Å². The average molecular weight is 1450 g/mol. The van der Waals surface area contributed by atoms with Gasteiger partial charge < -0.3 is 89.9 Å². The van der Waals surface area contributed by atoms with E-state index in [4.69, 9.17) is 28.4 Å². The number of carbonyl (C=O) groups is 1. The van der Waals surface area contributed by atoms with Crippen molar-refractivity contribution in [2.45, 2.75) is 491 Å². The number of carbonyl (C=O) groups excluding carboxylic acids is 1. The third kappa shape index (κ3) is 43.5. The lowest BCUT2D eigenvalue weighted by Crippen LogP contribution is -2.66. The Hall–Kier alpha value is -1.21. The summed E-state index contributed by atoms with van der Waals surface area (Å²) in [7, 11) is 0. The van der Waals surface area contributed by atoms with Crippen LogP contribution in [0, 0.1) is 0 Å². The summed E-state index contributed by atoms with van der Waals surface area (Å²) in [5, 5.41) is 121. The van der Waals surface area contributed by atoms with Crippen LogP contribution in [0.15, 0.2) is 0 Å². The summed E-state index contributed by atoms with van der Waals surface area (Å²) in [4.78, 5) is 13.5. The first-order valence-electron chi connectivity index (χ1n) is 42.8. The Morgan fingerprint density at radius 1 is 0.317 bits per heavy atom. The van der Waals surface area contributed by atoms with Crippen LogP contribution in [-0.2, 0) is 33.2 Å². The predicted octanol–water partition coefficient (Wildman–Crippen LogP) is 15.0. The normalized spacial score (nSPS) is 26.2. The molecule has 101 heavy (non-hydrogen) atoms. The number of ether oxygens (including phenoxy) is 6. The van der Waals surface area contributed by atoms with E-state index >= 15 is 0 Å². The molecular formula is C82H159NO18. The number of unbranched alkanes of at least 4 members (excludes halogenated alkanes) is 54. The van der Waals surface area contributed by atoms with E-state index in [1.54, 1.807) is 0 Å². The zero-order valence-electron chi connectivity index (χ0n) is 64.4. The highest BCUT2D eigenvalue weighted by Gasteiger charge is 2.54. The van der Waals surface area contributed by atoms with Crippen molar-refractivity contribution in [1.29, 1.82) is 0 Å². The molecule has 3 aliphatic rings. The van der Waals surface area contributed by atoms with E-state index in [1.807, 2.05) is 0 Å². The van der Waals surface area contributed by atoms with Crippen LogP contribution in [0.5, 0.6) is 0 Å². The van der Waals surface area contributed by atoms with Gasteiger partial charge in [-0.2, -0.15) is 0 Å². The number of aliphatic hydroxyl groups excluding tert-OH is 11. The maximum Gasteiger partial charge on any atom is 0.220 e. The molecule has 0 aliphatic carbocycles. The SMILES string of the molecule is CCCCCCCCCCCCCCCCCCCCCCCCCCCCCCCCCCCCC(=O)NC(COC1OC(CO)C(OC2OC(CO)C(OC3OC(CO)C(O)C(O)C3O)C(O)C2O)C(O)C1O)C(O)CCCCCCCCCCCCCCCCCCCCCCCC. The summed E-state index contributed by atoms with van der Waals surface area (Å²) in [5.74, 6) is -0.232. The number of nitrogens with one attached hydrogen (secondary N) is 1. The van der Waals surface area contributed by atoms with Crippen molar-refractivity contribution in [2.75, 3.05) is 26.4 Å². The number of hydrogen-bond acceptors (Lipinski definition) is 18. The Labute approximate surface area is 614 Å². The number of hydrogen-bond donors (Lipinski definition) is 12. The highest BCUT2D eigenvalue weighted by molar-refractivity contribution is 5.76. The van der Waals surface area contributed by atoms with Crippen molar-refractivity contribution >= 4 is 5.91 Å². The molecule has 19 nitrogen and oxygen atoms in total. The Bertz CT molecular complexity index is 1820. The summed E-state index contributed by atoms with van der Waals surface area (Å²) < 4.78 is 34.6. The largest absolute Gasteiger partial charge is 0.394 e. The molecule has 0 saturated carbocycles. The molecule has 17 unspecified atom stereocenters. The standard InChI is InChI=1S/C82H159NO18/c1-3-5-7-9-11-13-15-17-19-21-23-25-27-28-29-30-31-32-33-34-35-36-37-38-40-42-44-46-48-50-52-54-56-58-60-70(88)83-65(66(87)59-57-55-53-51-49-47-45-43-41-39-26-24-22-20-18-16-14-12-10-8-6-4-2)64-96-80-76(94)73(91)78(68(62-85)98-80)101-82-77(95)74(92)79(69(63-86)99-82)100-81-75(93)72(90)71(89)67(61-84)97-81/h65-69,71-82,84-87,89-95H,3-64H2,1-2H3,(H,83,88). The van der Waals surface area contributed by atoms with Crippen molar-refractivity contribution in [1.82, 2.24) is 5.32 Å². The van der Waals surface area contributed by atoms with E-state index in [2.05, 4.69) is 19.2 Å². The zero-order valence-corrected chi connectivity index (χ0v) is 64.4. The van der Waals surface area contributed by atoms with Crippen molar-refractivity contribution in [3.8, 4) is 0 Å². The highest BCUT2D eigenvalue weighted by Crippen LogP contribution is 2.34. The Balaban J connectivity index is 1.32. The molecule has 3 saturated heterocycles. The van der Waals surface area contributed by atoms with E-state index < -0.39 is 124 Å². The first kappa shape index (κ1) is 94.0. The van der Waals surface area contributed by atoms with E-state index in [0.29, 0.717) is 12.8 Å². The van der Waals surface area contributed by atoms with Gasteiger partial charge in [0.1, 0.15) is 73.2 Å². The van der Waals surface area contributed by atoms with Crippen molar-refractivity contribution < 1.29 is 89.4 Å². The quantitative estimate of drug-likeness (QED) is 0.0252. The van der Waals surface area contributed by atoms with Gasteiger partial charge in [-0.3, -0.25) is 4.79 Å². The first-order valence-corrected chi connectivity index (χ1v) is 42.8. The van der Waals surface area contributed by atoms with Gasteiger partial charge in [0.05, 0.1) is 38.6 Å². The number of rotatable bonds is 70. The summed E-state index contributed by atoms with van der Waals surface area (Å²) in [6.45, 7) is 1.88. The second kappa shape index (κ2) is 63.7. The lowest BCUT2D eigenvalue weighted by atomic mass is 9.96. The Kier molecular flexibility index (Phi) is 59.3. The van der Waals surface area contributed by atoms with Gasteiger partial charge in [0.15, 0.2) is 18.9 Å². The summed E-state index contributed by atoms with van der Waals surface area (Å²) in [6, 6.07) is -0.883. The summed E-state index contributed by atoms with van der Waals surface area (Å²) in [5.41, 5.74) is 0. The van der Waals surface area contributed by atoms with Gasteiger partial charge in [-0.25, -0.2) is 0 Å². The summed E-state index contributed by atoms with van der Waals surface area (Å²) >= 11 is 0. The molecule has 3 heterocycles. The summed E-state index contributed by atoms with van der Waals surface area (Å²) in [6.07, 6.45) is 47.8. The third-order valence-corrected chi connectivity index (χ3v) is 21.9. The van der Waals surface area contributed by atoms with Gasteiger partial charge in [-0.1, -0.05) is 367 Å². The van der Waals surface area contributed by atoms with Crippen LogP contribution in [0.4, 0.5) is 0 Å². The molecule has 600 valence electrons. The molecule has 0 aromatic rings. The molecule has 0 aromatic heterocycles. The maximum atomic E-state index is 13.5. The molecule has 17 atom stereocenters. The van der Waals surface area contributed by atoms with E-state index in [0.717, 1.165) is 44.9 Å². The maximum absolute atomic E-state index is 13.5. The minimum atomic E-state index is -1.97. The van der Waals surface area contributed by atoms with Crippen LogP contribution in [0.2, 0.25) is 0 Å². The Morgan fingerprint density at radius 3 is 0.861 bits per heavy atom. The lowest BCUT2D eigenvalue weighted by Gasteiger charge is -2.48. The lowest BCUT2D eigenvalue weighted by molar-refractivity contribution is -0.379. The fraction of sp³-hybridized carbons (Fsp3) is 0.988. The molecule has 3 fully saturated rings. The van der Waals surface area contributed by atoms with E-state index in [9.17, 15) is 61.0 Å². The smallest absolute Gasteiger partial charge is 0.220 e. The van der Waals surface area contributed by atoms with Crippen molar-refractivity contribution in [2.24, 2.45) is 0 Å². The minimum absolute atomic E-state index is 0.232. The van der Waals surface area contributed by atoms with Crippen LogP contribution in [0.25, 0.3) is 0 Å². The highest BCUT2D eigenvalue weighted by atomic mass is 16.8. The number of amides is 1. The molecule has 19 heteroatoms. The van der Waals surface area contributed by atoms with Crippen molar-refractivity contribution in [3.63, 3.8) is 0 Å². The molecule has 0 bridgehead atoms. The second-order valence-corrected chi connectivity index (χ2v) is 31.0. The molecule has 0 aromatic carbocycles. The van der Waals surface area contributed by atoms with Crippen LogP contribution < -0.4 is 5.32 Å². The fourth-order valence-electron chi connectivity index (χ4n) is 15.1. The zero-order chi connectivity index (χ0) is 73.2. The Morgan fingerprint density at radius 2 is 0.564 bits per heavy atom. The van der Waals surface area contributed by atoms with E-state index in [-0.39, 0.29) is 18.9 Å². The minimum Gasteiger partial charge on any atom is -0.394 e. The fourth-order valence-corrected chi connectivity index (χ4v) is 15.1. The van der Waals surface area contributed by atoms with Crippen LogP contribution in [-0.4, -0.2) is 193 Å². The average Bonchev–Trinajstić information content (AvgIpc) is 0.783. The monoisotopic (exact) mass is 1450 g/mol. The van der Waals surface area contributed by atoms with Gasteiger partial charge >= 0.3 is 0 Å². The second-order valence-electron chi connectivity index (χ2n) is 31.0. The number of aliphatic hydroxyl groups is 11. The molecule has 3 aliphatic heterocycles. The molecular weight excluding hydrogens is 1290 g/mol. The molecule has 12 N–H and O–H groups in total. The van der Waals surface area contributed by atoms with Crippen LogP contribution in [0.3, 0.4) is 0 Å². The van der Waals surface area contributed by atoms with Gasteiger partial charge in [0.25, 0.3) is 0 Å². The first-order chi connectivity index (χ1) is 49.3.